The number of benzene rings is 1. The normalized spacial score (nSPS) is 10.6. The Hall–Kier alpha value is -0.860. The van der Waals surface area contributed by atoms with Gasteiger partial charge in [0.05, 0.1) is 0 Å². The average molecular weight is 220 g/mol. The van der Waals surface area contributed by atoms with Crippen molar-refractivity contribution in [2.45, 2.75) is 39.2 Å². The summed E-state index contributed by atoms with van der Waals surface area (Å²) < 4.78 is 0. The van der Waals surface area contributed by atoms with Crippen molar-refractivity contribution in [3.05, 3.63) is 35.4 Å². The Morgan fingerprint density at radius 1 is 1.06 bits per heavy atom. The van der Waals surface area contributed by atoms with Gasteiger partial charge in [-0.25, -0.2) is 0 Å². The predicted molar refractivity (Wildman–Crippen MR) is 70.4 cm³/mol. The van der Waals surface area contributed by atoms with Gasteiger partial charge in [-0.15, -0.1) is 0 Å². The van der Waals surface area contributed by atoms with Crippen molar-refractivity contribution in [2.75, 3.05) is 13.1 Å². The van der Waals surface area contributed by atoms with Crippen molar-refractivity contribution in [2.24, 2.45) is 5.73 Å². The smallest absolute Gasteiger partial charge is 0.0205 e. The molecule has 3 N–H and O–H groups in total. The molecule has 1 rings (SSSR count). The lowest BCUT2D eigenvalue weighted by molar-refractivity contribution is 0.627. The van der Waals surface area contributed by atoms with Crippen LogP contribution in [0, 0.1) is 0 Å². The van der Waals surface area contributed by atoms with Crippen LogP contribution >= 0.6 is 0 Å². The topological polar surface area (TPSA) is 38.0 Å². The first-order chi connectivity index (χ1) is 7.86. The maximum atomic E-state index is 5.44. The van der Waals surface area contributed by atoms with Crippen LogP contribution in [0.1, 0.15) is 37.3 Å². The second-order valence-corrected chi connectivity index (χ2v) is 4.24. The highest BCUT2D eigenvalue weighted by molar-refractivity contribution is 5.22. The summed E-state index contributed by atoms with van der Waals surface area (Å²) in [6.45, 7) is 5.05. The second kappa shape index (κ2) is 8.31. The van der Waals surface area contributed by atoms with Gasteiger partial charge in [0.1, 0.15) is 0 Å². The van der Waals surface area contributed by atoms with Crippen molar-refractivity contribution in [3.8, 4) is 0 Å². The van der Waals surface area contributed by atoms with E-state index in [0.29, 0.717) is 0 Å². The second-order valence-electron chi connectivity index (χ2n) is 4.24. The summed E-state index contributed by atoms with van der Waals surface area (Å²) in [6, 6.07) is 8.92. The number of rotatable bonds is 8. The molecular weight excluding hydrogens is 196 g/mol. The van der Waals surface area contributed by atoms with E-state index in [9.17, 15) is 0 Å². The van der Waals surface area contributed by atoms with E-state index in [0.717, 1.165) is 26.1 Å². The lowest BCUT2D eigenvalue weighted by Crippen LogP contribution is -2.15. The summed E-state index contributed by atoms with van der Waals surface area (Å²) in [5.74, 6) is 0. The maximum Gasteiger partial charge on any atom is 0.0205 e. The van der Waals surface area contributed by atoms with Crippen molar-refractivity contribution in [3.63, 3.8) is 0 Å². The van der Waals surface area contributed by atoms with Crippen LogP contribution in [0.15, 0.2) is 24.3 Å². The van der Waals surface area contributed by atoms with E-state index < -0.39 is 0 Å². The molecule has 0 radical (unpaired) electrons. The van der Waals surface area contributed by atoms with Crippen LogP contribution in [0.25, 0.3) is 0 Å². The van der Waals surface area contributed by atoms with Crippen LogP contribution in [0.5, 0.6) is 0 Å². The third kappa shape index (κ3) is 5.29. The molecule has 0 saturated carbocycles. The molecule has 0 unspecified atom stereocenters. The Bertz CT molecular complexity index is 267. The fourth-order valence-corrected chi connectivity index (χ4v) is 1.74. The molecule has 0 spiro atoms. The molecule has 90 valence electrons. The third-order valence-corrected chi connectivity index (χ3v) is 2.70. The Labute approximate surface area is 99.2 Å². The summed E-state index contributed by atoms with van der Waals surface area (Å²) in [5, 5.41) is 3.43. The third-order valence-electron chi connectivity index (χ3n) is 2.70. The Morgan fingerprint density at radius 3 is 2.38 bits per heavy atom. The summed E-state index contributed by atoms with van der Waals surface area (Å²) in [7, 11) is 0. The van der Waals surface area contributed by atoms with E-state index in [-0.39, 0.29) is 0 Å². The van der Waals surface area contributed by atoms with Crippen LogP contribution in [-0.4, -0.2) is 13.1 Å². The van der Waals surface area contributed by atoms with E-state index in [2.05, 4.69) is 36.5 Å². The predicted octanol–water partition coefficient (Wildman–Crippen LogP) is 2.47. The molecule has 16 heavy (non-hydrogen) atoms. The monoisotopic (exact) mass is 220 g/mol. The first-order valence-electron chi connectivity index (χ1n) is 6.35. The number of nitrogens with two attached hydrogens (primary N) is 1. The van der Waals surface area contributed by atoms with Gasteiger partial charge in [0.15, 0.2) is 0 Å². The van der Waals surface area contributed by atoms with Gasteiger partial charge in [0.25, 0.3) is 0 Å². The molecule has 0 saturated heterocycles. The fourth-order valence-electron chi connectivity index (χ4n) is 1.74. The van der Waals surface area contributed by atoms with E-state index >= 15 is 0 Å². The molecule has 1 aromatic rings. The molecule has 0 bridgehead atoms. The fraction of sp³-hybridized carbons (Fsp3) is 0.571. The van der Waals surface area contributed by atoms with Gasteiger partial charge in [-0.1, -0.05) is 37.6 Å². The quantitative estimate of drug-likeness (QED) is 0.660. The van der Waals surface area contributed by atoms with Gasteiger partial charge in [-0.2, -0.15) is 0 Å². The summed E-state index contributed by atoms with van der Waals surface area (Å²) in [5.41, 5.74) is 8.25. The first-order valence-corrected chi connectivity index (χ1v) is 6.35. The minimum absolute atomic E-state index is 0.799. The molecule has 2 nitrogen and oxygen atoms in total. The average Bonchev–Trinajstić information content (AvgIpc) is 2.31. The summed E-state index contributed by atoms with van der Waals surface area (Å²) in [6.07, 6.45) is 4.69. The van der Waals surface area contributed by atoms with Crippen LogP contribution in [0.2, 0.25) is 0 Å². The van der Waals surface area contributed by atoms with Crippen molar-refractivity contribution in [1.82, 2.24) is 5.32 Å². The molecule has 0 fully saturated rings. The Kier molecular flexibility index (Phi) is 6.86. The molecule has 1 aromatic carbocycles. The molecule has 0 heterocycles. The molecule has 0 aromatic heterocycles. The highest BCUT2D eigenvalue weighted by Gasteiger charge is 1.94. The summed E-state index contributed by atoms with van der Waals surface area (Å²) in [4.78, 5) is 0. The maximum absolute atomic E-state index is 5.44. The largest absolute Gasteiger partial charge is 0.330 e. The molecule has 0 amide bonds. The van der Waals surface area contributed by atoms with E-state index in [1.54, 1.807) is 0 Å². The van der Waals surface area contributed by atoms with Crippen molar-refractivity contribution >= 4 is 0 Å². The van der Waals surface area contributed by atoms with Gasteiger partial charge in [-0.05, 0) is 43.5 Å². The zero-order valence-electron chi connectivity index (χ0n) is 10.3. The van der Waals surface area contributed by atoms with E-state index in [4.69, 9.17) is 5.73 Å². The number of aryl methyl sites for hydroxylation is 1. The molecule has 2 heteroatoms. The SMILES string of the molecule is CCCc1ccc(CNCCCCN)cc1. The zero-order valence-corrected chi connectivity index (χ0v) is 10.3. The number of nitrogens with one attached hydrogen (secondary N) is 1. The minimum atomic E-state index is 0.799. The summed E-state index contributed by atoms with van der Waals surface area (Å²) >= 11 is 0. The van der Waals surface area contributed by atoms with Gasteiger partial charge in [0, 0.05) is 6.54 Å². The van der Waals surface area contributed by atoms with Gasteiger partial charge < -0.3 is 11.1 Å². The molecule has 0 aliphatic rings. The van der Waals surface area contributed by atoms with Gasteiger partial charge in [0.2, 0.25) is 0 Å². The minimum Gasteiger partial charge on any atom is -0.330 e. The first kappa shape index (κ1) is 13.2. The van der Waals surface area contributed by atoms with Crippen molar-refractivity contribution in [1.29, 1.82) is 0 Å². The highest BCUT2D eigenvalue weighted by atomic mass is 14.8. The highest BCUT2D eigenvalue weighted by Crippen LogP contribution is 2.06. The van der Waals surface area contributed by atoms with Crippen LogP contribution < -0.4 is 11.1 Å². The van der Waals surface area contributed by atoms with Crippen LogP contribution in [0.3, 0.4) is 0 Å². The molecule has 0 atom stereocenters. The van der Waals surface area contributed by atoms with E-state index in [1.807, 2.05) is 0 Å². The number of unbranched alkanes of at least 4 members (excludes halogenated alkanes) is 1. The molecule has 0 aliphatic heterocycles. The lowest BCUT2D eigenvalue weighted by atomic mass is 10.1. The Morgan fingerprint density at radius 2 is 1.75 bits per heavy atom. The van der Waals surface area contributed by atoms with E-state index in [1.165, 1.54) is 30.4 Å². The van der Waals surface area contributed by atoms with Crippen LogP contribution in [0.4, 0.5) is 0 Å². The number of hydrogen-bond donors (Lipinski definition) is 2. The van der Waals surface area contributed by atoms with Gasteiger partial charge in [-0.3, -0.25) is 0 Å². The number of hydrogen-bond acceptors (Lipinski definition) is 2. The lowest BCUT2D eigenvalue weighted by Gasteiger charge is -2.05. The van der Waals surface area contributed by atoms with Gasteiger partial charge >= 0.3 is 0 Å². The Balaban J connectivity index is 2.21. The van der Waals surface area contributed by atoms with Crippen LogP contribution in [-0.2, 0) is 13.0 Å². The zero-order chi connectivity index (χ0) is 11.6. The molecular formula is C14H24N2. The molecule has 0 aliphatic carbocycles. The van der Waals surface area contributed by atoms with Crippen molar-refractivity contribution < 1.29 is 0 Å². The standard InChI is InChI=1S/C14H24N2/c1-2-5-13-6-8-14(9-7-13)12-16-11-4-3-10-15/h6-9,16H,2-5,10-12,15H2,1H3.